The molecule has 7 heteroatoms. The fourth-order valence-electron chi connectivity index (χ4n) is 2.14. The van der Waals surface area contributed by atoms with Gasteiger partial charge in [-0.25, -0.2) is 13.8 Å². The minimum Gasteiger partial charge on any atom is -0.481 e. The largest absolute Gasteiger partial charge is 0.481 e. The Morgan fingerprint density at radius 3 is 2.33 bits per heavy atom. The molecule has 3 rings (SSSR count). The van der Waals surface area contributed by atoms with Crippen molar-refractivity contribution in [2.24, 2.45) is 0 Å². The zero-order valence-corrected chi connectivity index (χ0v) is 13.0. The van der Waals surface area contributed by atoms with Crippen LogP contribution in [0, 0.1) is 11.6 Å². The summed E-state index contributed by atoms with van der Waals surface area (Å²) >= 11 is 0.896. The summed E-state index contributed by atoms with van der Waals surface area (Å²) in [6.07, 6.45) is 0. The molecule has 122 valence electrons. The molecule has 4 nitrogen and oxygen atoms in total. The minimum atomic E-state index is -1.02. The summed E-state index contributed by atoms with van der Waals surface area (Å²) in [4.78, 5) is 14.9. The lowest BCUT2D eigenvalue weighted by molar-refractivity contribution is -0.133. The van der Waals surface area contributed by atoms with Crippen molar-refractivity contribution in [3.63, 3.8) is 0 Å². The van der Waals surface area contributed by atoms with Crippen LogP contribution in [-0.4, -0.2) is 21.8 Å². The Bertz CT molecular complexity index is 832. The van der Waals surface area contributed by atoms with Gasteiger partial charge >= 0.3 is 5.97 Å². The van der Waals surface area contributed by atoms with Crippen LogP contribution in [0.3, 0.4) is 0 Å². The highest BCUT2D eigenvalue weighted by Gasteiger charge is 2.18. The first-order valence-electron chi connectivity index (χ1n) is 6.90. The summed E-state index contributed by atoms with van der Waals surface area (Å²) in [6, 6.07) is 11.5. The van der Waals surface area contributed by atoms with E-state index in [-0.39, 0.29) is 16.7 Å². The second-order valence-corrected chi connectivity index (χ2v) is 5.79. The molecule has 0 aliphatic carbocycles. The second-order valence-electron chi connectivity index (χ2n) is 4.86. The zero-order chi connectivity index (χ0) is 17.1. The van der Waals surface area contributed by atoms with E-state index in [0.29, 0.717) is 16.8 Å². The van der Waals surface area contributed by atoms with Crippen molar-refractivity contribution in [3.8, 4) is 22.6 Å². The van der Waals surface area contributed by atoms with Crippen LogP contribution in [0.2, 0.25) is 0 Å². The van der Waals surface area contributed by atoms with Gasteiger partial charge in [0.05, 0.1) is 0 Å². The lowest BCUT2D eigenvalue weighted by Gasteiger charge is -2.02. The van der Waals surface area contributed by atoms with E-state index in [1.807, 2.05) is 0 Å². The van der Waals surface area contributed by atoms with E-state index in [0.717, 1.165) is 11.8 Å². The SMILES string of the molecule is O=C(O)CSc1nc(-c2cccc(F)c2)c(-c2cccc(F)c2)o1. The molecule has 0 aliphatic rings. The molecule has 0 amide bonds. The Morgan fingerprint density at radius 2 is 1.71 bits per heavy atom. The van der Waals surface area contributed by atoms with Crippen molar-refractivity contribution in [2.75, 3.05) is 5.75 Å². The number of aliphatic carboxylic acids is 1. The molecule has 1 heterocycles. The third-order valence-corrected chi connectivity index (χ3v) is 3.92. The highest BCUT2D eigenvalue weighted by atomic mass is 32.2. The van der Waals surface area contributed by atoms with Crippen LogP contribution in [0.1, 0.15) is 0 Å². The lowest BCUT2D eigenvalue weighted by Crippen LogP contribution is -1.97. The molecule has 0 saturated carbocycles. The van der Waals surface area contributed by atoms with Crippen molar-refractivity contribution >= 4 is 17.7 Å². The summed E-state index contributed by atoms with van der Waals surface area (Å²) in [5, 5.41) is 8.89. The molecular formula is C17H11F2NO3S. The number of oxazole rings is 1. The fraction of sp³-hybridized carbons (Fsp3) is 0.0588. The number of thioether (sulfide) groups is 1. The molecule has 24 heavy (non-hydrogen) atoms. The number of nitrogens with zero attached hydrogens (tertiary/aromatic N) is 1. The quantitative estimate of drug-likeness (QED) is 0.690. The number of carboxylic acid groups (broad SMARTS) is 1. The first kappa shape index (κ1) is 16.2. The average molecular weight is 347 g/mol. The number of hydrogen-bond donors (Lipinski definition) is 1. The van der Waals surface area contributed by atoms with Crippen molar-refractivity contribution in [3.05, 3.63) is 60.2 Å². The molecule has 1 N–H and O–H groups in total. The van der Waals surface area contributed by atoms with E-state index in [1.165, 1.54) is 36.4 Å². The summed E-state index contributed by atoms with van der Waals surface area (Å²) in [5.74, 6) is -1.88. The number of aromatic nitrogens is 1. The van der Waals surface area contributed by atoms with Crippen LogP contribution >= 0.6 is 11.8 Å². The Morgan fingerprint density at radius 1 is 1.08 bits per heavy atom. The smallest absolute Gasteiger partial charge is 0.314 e. The zero-order valence-electron chi connectivity index (χ0n) is 12.2. The molecule has 0 aliphatic heterocycles. The molecular weight excluding hydrogens is 336 g/mol. The van der Waals surface area contributed by atoms with Crippen LogP contribution in [0.15, 0.2) is 58.2 Å². The van der Waals surface area contributed by atoms with Gasteiger partial charge in [0.15, 0.2) is 5.76 Å². The van der Waals surface area contributed by atoms with Crippen molar-refractivity contribution in [1.29, 1.82) is 0 Å². The molecule has 0 fully saturated rings. The van der Waals surface area contributed by atoms with Crippen molar-refractivity contribution < 1.29 is 23.1 Å². The van der Waals surface area contributed by atoms with E-state index < -0.39 is 17.6 Å². The summed E-state index contributed by atoms with van der Waals surface area (Å²) in [5.41, 5.74) is 1.22. The topological polar surface area (TPSA) is 63.3 Å². The van der Waals surface area contributed by atoms with E-state index in [2.05, 4.69) is 4.98 Å². The highest BCUT2D eigenvalue weighted by molar-refractivity contribution is 7.99. The number of carbonyl (C=O) groups is 1. The number of benzene rings is 2. The van der Waals surface area contributed by atoms with Gasteiger partial charge in [0.25, 0.3) is 5.22 Å². The highest BCUT2D eigenvalue weighted by Crippen LogP contribution is 2.36. The molecule has 0 bridgehead atoms. The maximum absolute atomic E-state index is 13.5. The Labute approximate surface area is 140 Å². The van der Waals surface area contributed by atoms with Crippen molar-refractivity contribution in [1.82, 2.24) is 4.98 Å². The van der Waals surface area contributed by atoms with E-state index in [1.54, 1.807) is 12.1 Å². The first-order valence-corrected chi connectivity index (χ1v) is 7.89. The summed E-state index contributed by atoms with van der Waals surface area (Å²) in [6.45, 7) is 0. The van der Waals surface area contributed by atoms with Gasteiger partial charge in [-0.15, -0.1) is 0 Å². The standard InChI is InChI=1S/C17H11F2NO3S/c18-12-5-1-3-10(7-12)15-16(11-4-2-6-13(19)8-11)23-17(20-15)24-9-14(21)22/h1-8H,9H2,(H,21,22). The number of halogens is 2. The van der Waals surface area contributed by atoms with E-state index >= 15 is 0 Å². The molecule has 0 unspecified atom stereocenters. The van der Waals surface area contributed by atoms with Crippen LogP contribution < -0.4 is 0 Å². The monoisotopic (exact) mass is 347 g/mol. The minimum absolute atomic E-state index is 0.121. The lowest BCUT2D eigenvalue weighted by atomic mass is 10.1. The van der Waals surface area contributed by atoms with Crippen LogP contribution in [0.25, 0.3) is 22.6 Å². The maximum Gasteiger partial charge on any atom is 0.314 e. The van der Waals surface area contributed by atoms with E-state index in [9.17, 15) is 13.6 Å². The molecule has 0 saturated heterocycles. The molecule has 0 spiro atoms. The predicted molar refractivity (Wildman–Crippen MR) is 85.7 cm³/mol. The van der Waals surface area contributed by atoms with Gasteiger partial charge in [0, 0.05) is 11.1 Å². The van der Waals surface area contributed by atoms with Gasteiger partial charge in [0.2, 0.25) is 0 Å². The molecule has 0 radical (unpaired) electrons. The normalized spacial score (nSPS) is 10.8. The third-order valence-electron chi connectivity index (χ3n) is 3.11. The van der Waals surface area contributed by atoms with Gasteiger partial charge in [-0.1, -0.05) is 36.0 Å². The Balaban J connectivity index is 2.09. The predicted octanol–water partition coefficient (Wildman–Crippen LogP) is 4.46. The average Bonchev–Trinajstić information content (AvgIpc) is 2.97. The van der Waals surface area contributed by atoms with E-state index in [4.69, 9.17) is 9.52 Å². The van der Waals surface area contributed by atoms with Crippen molar-refractivity contribution in [2.45, 2.75) is 5.22 Å². The third kappa shape index (κ3) is 3.62. The molecule has 1 aromatic heterocycles. The van der Waals surface area contributed by atoms with Crippen LogP contribution in [-0.2, 0) is 4.79 Å². The van der Waals surface area contributed by atoms with Gasteiger partial charge in [-0.2, -0.15) is 0 Å². The number of carboxylic acids is 1. The van der Waals surface area contributed by atoms with Gasteiger partial charge in [-0.05, 0) is 24.3 Å². The molecule has 2 aromatic carbocycles. The Hall–Kier alpha value is -2.67. The van der Waals surface area contributed by atoms with Gasteiger partial charge < -0.3 is 9.52 Å². The molecule has 0 atom stereocenters. The van der Waals surface area contributed by atoms with Gasteiger partial charge in [0.1, 0.15) is 23.1 Å². The van der Waals surface area contributed by atoms with Gasteiger partial charge in [-0.3, -0.25) is 4.79 Å². The first-order chi connectivity index (χ1) is 11.5. The summed E-state index contributed by atoms with van der Waals surface area (Å²) in [7, 11) is 0. The maximum atomic E-state index is 13.5. The Kier molecular flexibility index (Phi) is 4.61. The summed E-state index contributed by atoms with van der Waals surface area (Å²) < 4.78 is 32.6. The van der Waals surface area contributed by atoms with Crippen LogP contribution in [0.4, 0.5) is 8.78 Å². The number of rotatable bonds is 5. The van der Waals surface area contributed by atoms with Crippen LogP contribution in [0.5, 0.6) is 0 Å². The molecule has 3 aromatic rings. The number of hydrogen-bond acceptors (Lipinski definition) is 4. The second kappa shape index (κ2) is 6.84. The fourth-order valence-corrected chi connectivity index (χ4v) is 2.69.